The number of carbonyl (C=O) groups is 2. The van der Waals surface area contributed by atoms with Crippen molar-refractivity contribution < 1.29 is 19.1 Å². The highest BCUT2D eigenvalue weighted by atomic mass is 32.2. The maximum atomic E-state index is 13.2. The molecule has 32 heavy (non-hydrogen) atoms. The van der Waals surface area contributed by atoms with Gasteiger partial charge in [-0.2, -0.15) is 0 Å². The van der Waals surface area contributed by atoms with Crippen molar-refractivity contribution in [3.63, 3.8) is 0 Å². The van der Waals surface area contributed by atoms with E-state index in [4.69, 9.17) is 9.47 Å². The maximum absolute atomic E-state index is 13.2. The van der Waals surface area contributed by atoms with Gasteiger partial charge in [-0.05, 0) is 58.4 Å². The molecule has 1 atom stereocenters. The lowest BCUT2D eigenvalue weighted by Crippen LogP contribution is -2.16. The number of thioether (sulfide) groups is 1. The van der Waals surface area contributed by atoms with Gasteiger partial charge in [0.05, 0.1) is 22.8 Å². The largest absolute Gasteiger partial charge is 0.486 e. The van der Waals surface area contributed by atoms with E-state index in [1.54, 1.807) is 0 Å². The second-order valence-corrected chi connectivity index (χ2v) is 9.14. The first-order valence-corrected chi connectivity index (χ1v) is 11.6. The van der Waals surface area contributed by atoms with Crippen molar-refractivity contribution >= 4 is 23.3 Å². The van der Waals surface area contributed by atoms with Crippen molar-refractivity contribution in [3.8, 4) is 22.8 Å². The molecule has 4 rings (SSSR count). The highest BCUT2D eigenvalue weighted by molar-refractivity contribution is 8.00. The van der Waals surface area contributed by atoms with Gasteiger partial charge < -0.3 is 19.0 Å². The molecule has 1 aliphatic heterocycles. The van der Waals surface area contributed by atoms with Gasteiger partial charge in [0, 0.05) is 23.4 Å². The topological polar surface area (TPSA) is 86.2 Å². The Labute approximate surface area is 191 Å². The minimum Gasteiger partial charge on any atom is -0.486 e. The number of benzene rings is 1. The molecule has 1 aliphatic rings. The second kappa shape index (κ2) is 8.86. The zero-order chi connectivity index (χ0) is 23.0. The fourth-order valence-electron chi connectivity index (χ4n) is 4.13. The van der Waals surface area contributed by atoms with E-state index in [1.807, 2.05) is 45.2 Å². The SMILES string of the molecule is CCn1c(-c2ccc3c(c2)OCCO3)cnc1S[C@H](C)C(=O)c1[nH]c(C)c(C(C)=O)c1C. The molecule has 3 aromatic rings. The van der Waals surface area contributed by atoms with Crippen LogP contribution in [0.25, 0.3) is 11.3 Å². The molecule has 3 heterocycles. The number of aromatic amines is 1. The Morgan fingerprint density at radius 1 is 1.22 bits per heavy atom. The molecule has 0 unspecified atom stereocenters. The van der Waals surface area contributed by atoms with E-state index in [-0.39, 0.29) is 16.8 Å². The van der Waals surface area contributed by atoms with E-state index in [0.29, 0.717) is 36.6 Å². The minimum absolute atomic E-state index is 0.0406. The van der Waals surface area contributed by atoms with E-state index in [1.165, 1.54) is 18.7 Å². The Morgan fingerprint density at radius 2 is 1.94 bits per heavy atom. The molecule has 0 spiro atoms. The molecule has 8 heteroatoms. The van der Waals surface area contributed by atoms with Gasteiger partial charge >= 0.3 is 0 Å². The van der Waals surface area contributed by atoms with Crippen LogP contribution in [0.1, 0.15) is 52.9 Å². The summed E-state index contributed by atoms with van der Waals surface area (Å²) in [6, 6.07) is 5.88. The molecular weight excluding hydrogens is 426 g/mol. The average molecular weight is 454 g/mol. The number of ether oxygens (including phenoxy) is 2. The van der Waals surface area contributed by atoms with Crippen molar-refractivity contribution in [2.75, 3.05) is 13.2 Å². The number of nitrogens with zero attached hydrogens (tertiary/aromatic N) is 2. The molecule has 0 radical (unpaired) electrons. The number of Topliss-reactive ketones (excluding diaryl/α,β-unsaturated/α-hetero) is 2. The smallest absolute Gasteiger partial charge is 0.192 e. The van der Waals surface area contributed by atoms with Crippen molar-refractivity contribution in [1.29, 1.82) is 0 Å². The first kappa shape index (κ1) is 22.2. The van der Waals surface area contributed by atoms with Crippen LogP contribution in [0.3, 0.4) is 0 Å². The fourth-order valence-corrected chi connectivity index (χ4v) is 5.14. The number of H-pyrrole nitrogens is 1. The Hall–Kier alpha value is -3.00. The summed E-state index contributed by atoms with van der Waals surface area (Å²) >= 11 is 1.42. The van der Waals surface area contributed by atoms with E-state index in [2.05, 4.69) is 21.5 Å². The first-order valence-electron chi connectivity index (χ1n) is 10.7. The van der Waals surface area contributed by atoms with Crippen molar-refractivity contribution in [2.24, 2.45) is 0 Å². The van der Waals surface area contributed by atoms with Gasteiger partial charge in [-0.1, -0.05) is 11.8 Å². The molecule has 1 N–H and O–H groups in total. The summed E-state index contributed by atoms with van der Waals surface area (Å²) in [5.41, 5.74) is 4.47. The van der Waals surface area contributed by atoms with Crippen molar-refractivity contribution in [2.45, 2.75) is 51.6 Å². The number of aryl methyl sites for hydroxylation is 1. The molecule has 7 nitrogen and oxygen atoms in total. The third kappa shape index (κ3) is 3.95. The summed E-state index contributed by atoms with van der Waals surface area (Å²) < 4.78 is 13.4. The predicted molar refractivity (Wildman–Crippen MR) is 124 cm³/mol. The van der Waals surface area contributed by atoms with Crippen LogP contribution < -0.4 is 9.47 Å². The third-order valence-corrected chi connectivity index (χ3v) is 6.76. The highest BCUT2D eigenvalue weighted by Crippen LogP contribution is 2.36. The number of rotatable bonds is 7. The van der Waals surface area contributed by atoms with Gasteiger partial charge in [0.1, 0.15) is 13.2 Å². The fraction of sp³-hybridized carbons (Fsp3) is 0.375. The first-order chi connectivity index (χ1) is 15.3. The van der Waals surface area contributed by atoms with Crippen molar-refractivity contribution in [3.05, 3.63) is 46.9 Å². The Morgan fingerprint density at radius 3 is 2.59 bits per heavy atom. The second-order valence-electron chi connectivity index (χ2n) is 7.83. The number of hydrogen-bond acceptors (Lipinski definition) is 6. The number of hydrogen-bond donors (Lipinski definition) is 1. The van der Waals surface area contributed by atoms with Crippen molar-refractivity contribution in [1.82, 2.24) is 14.5 Å². The van der Waals surface area contributed by atoms with Crippen LogP contribution in [-0.2, 0) is 6.54 Å². The Balaban J connectivity index is 1.59. The van der Waals surface area contributed by atoms with Crippen LogP contribution in [0.4, 0.5) is 0 Å². The van der Waals surface area contributed by atoms with Gasteiger partial charge in [-0.25, -0.2) is 4.98 Å². The van der Waals surface area contributed by atoms with E-state index in [9.17, 15) is 9.59 Å². The van der Waals surface area contributed by atoms with Gasteiger partial charge in [0.2, 0.25) is 0 Å². The van der Waals surface area contributed by atoms with Gasteiger partial charge in [0.15, 0.2) is 28.2 Å². The van der Waals surface area contributed by atoms with Gasteiger partial charge in [0.25, 0.3) is 0 Å². The lowest BCUT2D eigenvalue weighted by Gasteiger charge is -2.19. The number of fused-ring (bicyclic) bond motifs is 1. The van der Waals surface area contributed by atoms with E-state index < -0.39 is 0 Å². The summed E-state index contributed by atoms with van der Waals surface area (Å²) in [6.07, 6.45) is 1.83. The van der Waals surface area contributed by atoms with Crippen LogP contribution in [-0.4, -0.2) is 44.6 Å². The highest BCUT2D eigenvalue weighted by Gasteiger charge is 2.26. The number of imidazole rings is 1. The number of ketones is 2. The standard InChI is InChI=1S/C24H27N3O4S/c1-6-27-18(17-7-8-19-20(11-17)31-10-9-30-19)12-25-24(27)32-16(5)23(29)22-13(2)21(15(4)28)14(3)26-22/h7-8,11-12,16,26H,6,9-10H2,1-5H3/t16-/m1/s1. The average Bonchev–Trinajstić information content (AvgIpc) is 3.32. The van der Waals surface area contributed by atoms with E-state index in [0.717, 1.165) is 33.6 Å². The lowest BCUT2D eigenvalue weighted by atomic mass is 10.0. The molecule has 0 amide bonds. The summed E-state index contributed by atoms with van der Waals surface area (Å²) in [4.78, 5) is 32.8. The zero-order valence-electron chi connectivity index (χ0n) is 18.9. The van der Waals surface area contributed by atoms with Crippen LogP contribution in [0.15, 0.2) is 29.6 Å². The molecular formula is C24H27N3O4S. The minimum atomic E-state index is -0.368. The molecule has 0 aliphatic carbocycles. The Kier molecular flexibility index (Phi) is 6.15. The van der Waals surface area contributed by atoms with Crippen LogP contribution >= 0.6 is 11.8 Å². The molecule has 1 aromatic carbocycles. The van der Waals surface area contributed by atoms with Crippen LogP contribution in [0.5, 0.6) is 11.5 Å². The lowest BCUT2D eigenvalue weighted by molar-refractivity contribution is 0.0988. The van der Waals surface area contributed by atoms with E-state index >= 15 is 0 Å². The number of nitrogens with one attached hydrogen (secondary N) is 1. The summed E-state index contributed by atoms with van der Waals surface area (Å²) in [6.45, 7) is 10.9. The summed E-state index contributed by atoms with van der Waals surface area (Å²) in [5.74, 6) is 1.39. The molecule has 0 saturated carbocycles. The van der Waals surface area contributed by atoms with Gasteiger partial charge in [-0.3, -0.25) is 9.59 Å². The molecule has 168 valence electrons. The Bertz CT molecular complexity index is 1190. The maximum Gasteiger partial charge on any atom is 0.192 e. The zero-order valence-corrected chi connectivity index (χ0v) is 19.8. The molecule has 2 aromatic heterocycles. The molecule has 0 bridgehead atoms. The van der Waals surface area contributed by atoms with Crippen LogP contribution in [0.2, 0.25) is 0 Å². The molecule has 0 saturated heterocycles. The van der Waals surface area contributed by atoms with Gasteiger partial charge in [-0.15, -0.1) is 0 Å². The summed E-state index contributed by atoms with van der Waals surface area (Å²) in [5, 5.41) is 0.401. The predicted octanol–water partition coefficient (Wildman–Crippen LogP) is 4.85. The molecule has 0 fully saturated rings. The number of carbonyl (C=O) groups excluding carboxylic acids is 2. The quantitative estimate of drug-likeness (QED) is 0.406. The monoisotopic (exact) mass is 453 g/mol. The third-order valence-electron chi connectivity index (χ3n) is 5.66. The van der Waals surface area contributed by atoms with Crippen LogP contribution in [0, 0.1) is 13.8 Å². The number of aromatic nitrogens is 3. The summed E-state index contributed by atoms with van der Waals surface area (Å²) in [7, 11) is 0. The normalized spacial score (nSPS) is 13.8.